The Morgan fingerprint density at radius 1 is 1.37 bits per heavy atom. The van der Waals surface area contributed by atoms with Crippen molar-refractivity contribution >= 4 is 15.8 Å². The summed E-state index contributed by atoms with van der Waals surface area (Å²) in [5.41, 5.74) is 2.24. The number of sulfonamides is 1. The number of nitrogens with two attached hydrogens (primary N) is 1. The van der Waals surface area contributed by atoms with Crippen LogP contribution in [0.2, 0.25) is 0 Å². The highest BCUT2D eigenvalue weighted by Gasteiger charge is 2.18. The van der Waals surface area contributed by atoms with E-state index in [-0.39, 0.29) is 23.9 Å². The number of aromatic nitrogens is 1. The molecule has 0 aliphatic carbocycles. The van der Waals surface area contributed by atoms with E-state index in [1.54, 1.807) is 7.11 Å². The number of hydrogen-bond donors (Lipinski definition) is 3. The summed E-state index contributed by atoms with van der Waals surface area (Å²) < 4.78 is 36.3. The average molecular weight is 290 g/mol. The van der Waals surface area contributed by atoms with Crippen LogP contribution in [0.15, 0.2) is 23.2 Å². The lowest BCUT2D eigenvalue weighted by Gasteiger charge is -2.10. The molecule has 8 nitrogen and oxygen atoms in total. The predicted octanol–water partition coefficient (Wildman–Crippen LogP) is -0.691. The number of pyridine rings is 1. The van der Waals surface area contributed by atoms with Crippen LogP contribution in [0, 0.1) is 0 Å². The van der Waals surface area contributed by atoms with E-state index in [4.69, 9.17) is 15.3 Å². The fourth-order valence-corrected chi connectivity index (χ4v) is 2.42. The first kappa shape index (κ1) is 15.8. The van der Waals surface area contributed by atoms with Gasteiger partial charge in [-0.1, -0.05) is 0 Å². The van der Waals surface area contributed by atoms with Gasteiger partial charge in [-0.2, -0.15) is 0 Å². The molecule has 1 aromatic rings. The van der Waals surface area contributed by atoms with Gasteiger partial charge in [0.1, 0.15) is 4.90 Å². The van der Waals surface area contributed by atoms with E-state index in [9.17, 15) is 8.42 Å². The van der Waals surface area contributed by atoms with Crippen molar-refractivity contribution in [3.05, 3.63) is 18.3 Å². The molecule has 0 atom stereocenters. The summed E-state index contributed by atoms with van der Waals surface area (Å²) in [4.78, 5) is 3.82. The lowest BCUT2D eigenvalue weighted by molar-refractivity contribution is 0.0736. The van der Waals surface area contributed by atoms with Crippen LogP contribution in [-0.2, 0) is 19.5 Å². The second kappa shape index (κ2) is 8.02. The van der Waals surface area contributed by atoms with Crippen molar-refractivity contribution in [3.63, 3.8) is 0 Å². The molecule has 0 unspecified atom stereocenters. The predicted molar refractivity (Wildman–Crippen MR) is 69.9 cm³/mol. The van der Waals surface area contributed by atoms with Crippen LogP contribution in [0.25, 0.3) is 0 Å². The van der Waals surface area contributed by atoms with E-state index in [1.165, 1.54) is 18.3 Å². The van der Waals surface area contributed by atoms with Crippen molar-refractivity contribution in [2.45, 2.75) is 4.90 Å². The summed E-state index contributed by atoms with van der Waals surface area (Å²) in [7, 11) is -2.10. The van der Waals surface area contributed by atoms with Gasteiger partial charge in [-0.05, 0) is 12.1 Å². The van der Waals surface area contributed by atoms with E-state index < -0.39 is 10.0 Å². The topological polar surface area (TPSA) is 116 Å². The monoisotopic (exact) mass is 290 g/mol. The maximum Gasteiger partial charge on any atom is 0.244 e. The third kappa shape index (κ3) is 5.09. The summed E-state index contributed by atoms with van der Waals surface area (Å²) in [6.45, 7) is 1.30. The molecular formula is C10H18N4O4S. The van der Waals surface area contributed by atoms with Gasteiger partial charge in [0, 0.05) is 19.9 Å². The highest BCUT2D eigenvalue weighted by atomic mass is 32.2. The van der Waals surface area contributed by atoms with Crippen molar-refractivity contribution in [2.24, 2.45) is 5.84 Å². The largest absolute Gasteiger partial charge is 0.382 e. The molecule has 1 rings (SSSR count). The molecule has 4 N–H and O–H groups in total. The Hall–Kier alpha value is -1.26. The SMILES string of the molecule is COCCOCCNS(=O)(=O)c1cccnc1NN. The van der Waals surface area contributed by atoms with Crippen LogP contribution in [0.5, 0.6) is 0 Å². The normalized spacial score (nSPS) is 11.5. The third-order valence-electron chi connectivity index (χ3n) is 2.17. The first-order valence-electron chi connectivity index (χ1n) is 5.60. The van der Waals surface area contributed by atoms with Crippen molar-refractivity contribution < 1.29 is 17.9 Å². The number of methoxy groups -OCH3 is 1. The zero-order valence-corrected chi connectivity index (χ0v) is 11.4. The molecule has 108 valence electrons. The average Bonchev–Trinajstić information content (AvgIpc) is 2.42. The Morgan fingerprint density at radius 3 is 2.84 bits per heavy atom. The summed E-state index contributed by atoms with van der Waals surface area (Å²) in [6, 6.07) is 2.93. The Balaban J connectivity index is 2.52. The molecule has 0 aliphatic heterocycles. The van der Waals surface area contributed by atoms with Crippen LogP contribution in [0.3, 0.4) is 0 Å². The van der Waals surface area contributed by atoms with Gasteiger partial charge in [0.25, 0.3) is 0 Å². The Bertz CT molecular complexity index is 480. The van der Waals surface area contributed by atoms with Gasteiger partial charge >= 0.3 is 0 Å². The molecule has 0 saturated carbocycles. The maximum absolute atomic E-state index is 12.0. The standard InChI is InChI=1S/C10H18N4O4S/c1-17-7-8-18-6-5-13-19(15,16)9-3-2-4-12-10(9)14-11/h2-4,13H,5-8,11H2,1H3,(H,12,14). The first-order chi connectivity index (χ1) is 9.11. The van der Waals surface area contributed by atoms with E-state index in [0.717, 1.165) is 0 Å². The molecule has 1 aromatic heterocycles. The molecule has 0 radical (unpaired) electrons. The van der Waals surface area contributed by atoms with Crippen molar-refractivity contribution in [3.8, 4) is 0 Å². The minimum absolute atomic E-state index is 0.00519. The van der Waals surface area contributed by atoms with Crippen LogP contribution in [-0.4, -0.2) is 46.9 Å². The number of nitrogen functional groups attached to an aromatic ring is 1. The molecule has 0 saturated heterocycles. The highest BCUT2D eigenvalue weighted by Crippen LogP contribution is 2.15. The number of hydrazine groups is 1. The highest BCUT2D eigenvalue weighted by molar-refractivity contribution is 7.89. The molecule has 0 aromatic carbocycles. The maximum atomic E-state index is 12.0. The van der Waals surface area contributed by atoms with Gasteiger partial charge in [0.15, 0.2) is 5.82 Å². The number of hydrogen-bond acceptors (Lipinski definition) is 7. The number of nitrogens with one attached hydrogen (secondary N) is 2. The third-order valence-corrected chi connectivity index (χ3v) is 3.66. The fraction of sp³-hybridized carbons (Fsp3) is 0.500. The first-order valence-corrected chi connectivity index (χ1v) is 7.08. The molecule has 9 heteroatoms. The van der Waals surface area contributed by atoms with Gasteiger partial charge in [-0.15, -0.1) is 0 Å². The molecule has 0 aliphatic rings. The fourth-order valence-electron chi connectivity index (χ4n) is 1.29. The minimum Gasteiger partial charge on any atom is -0.382 e. The Kier molecular flexibility index (Phi) is 6.67. The quantitative estimate of drug-likeness (QED) is 0.313. The van der Waals surface area contributed by atoms with Crippen LogP contribution < -0.4 is 16.0 Å². The van der Waals surface area contributed by atoms with Crippen LogP contribution in [0.1, 0.15) is 0 Å². The summed E-state index contributed by atoms with van der Waals surface area (Å²) in [5, 5.41) is 0. The Morgan fingerprint density at radius 2 is 2.16 bits per heavy atom. The minimum atomic E-state index is -3.66. The summed E-state index contributed by atoms with van der Waals surface area (Å²) in [6.07, 6.45) is 1.45. The number of nitrogens with zero attached hydrogens (tertiary/aromatic N) is 1. The lowest BCUT2D eigenvalue weighted by atomic mass is 10.5. The Labute approximate surface area is 112 Å². The van der Waals surface area contributed by atoms with Crippen LogP contribution >= 0.6 is 0 Å². The smallest absolute Gasteiger partial charge is 0.244 e. The summed E-state index contributed by atoms with van der Waals surface area (Å²) in [5.74, 6) is 5.31. The molecule has 0 amide bonds. The zero-order chi connectivity index (χ0) is 14.1. The molecule has 0 bridgehead atoms. The van der Waals surface area contributed by atoms with E-state index in [0.29, 0.717) is 13.2 Å². The van der Waals surface area contributed by atoms with Gasteiger partial charge in [0.2, 0.25) is 10.0 Å². The van der Waals surface area contributed by atoms with E-state index >= 15 is 0 Å². The molecule has 19 heavy (non-hydrogen) atoms. The van der Waals surface area contributed by atoms with Gasteiger partial charge in [0.05, 0.1) is 19.8 Å². The number of rotatable bonds is 9. The van der Waals surface area contributed by atoms with E-state index in [2.05, 4.69) is 15.1 Å². The molecule has 0 fully saturated rings. The molecular weight excluding hydrogens is 272 g/mol. The number of ether oxygens (including phenoxy) is 2. The second-order valence-electron chi connectivity index (χ2n) is 3.50. The number of anilines is 1. The summed E-state index contributed by atoms with van der Waals surface area (Å²) >= 11 is 0. The lowest BCUT2D eigenvalue weighted by Crippen LogP contribution is -2.29. The van der Waals surface area contributed by atoms with Crippen molar-refractivity contribution in [1.82, 2.24) is 9.71 Å². The van der Waals surface area contributed by atoms with Crippen molar-refractivity contribution in [2.75, 3.05) is 38.9 Å². The zero-order valence-electron chi connectivity index (χ0n) is 10.6. The molecule has 0 spiro atoms. The van der Waals surface area contributed by atoms with Gasteiger partial charge < -0.3 is 14.9 Å². The van der Waals surface area contributed by atoms with Gasteiger partial charge in [-0.25, -0.2) is 24.0 Å². The van der Waals surface area contributed by atoms with Crippen molar-refractivity contribution in [1.29, 1.82) is 0 Å². The van der Waals surface area contributed by atoms with E-state index in [1.807, 2.05) is 0 Å². The molecule has 1 heterocycles. The van der Waals surface area contributed by atoms with Gasteiger partial charge in [-0.3, -0.25) is 0 Å². The van der Waals surface area contributed by atoms with Crippen LogP contribution in [0.4, 0.5) is 5.82 Å². The second-order valence-corrected chi connectivity index (χ2v) is 5.23.